The summed E-state index contributed by atoms with van der Waals surface area (Å²) in [6, 6.07) is 13.7. The molecule has 0 amide bonds. The zero-order valence-electron chi connectivity index (χ0n) is 22.0. The van der Waals surface area contributed by atoms with E-state index in [0.29, 0.717) is 62.9 Å². The van der Waals surface area contributed by atoms with Gasteiger partial charge in [-0.15, -0.1) is 0 Å². The summed E-state index contributed by atoms with van der Waals surface area (Å²) in [5.74, 6) is 3.04. The van der Waals surface area contributed by atoms with E-state index in [1.54, 1.807) is 18.3 Å². The summed E-state index contributed by atoms with van der Waals surface area (Å²) in [5, 5.41) is 4.43. The quantitative estimate of drug-likeness (QED) is 0.307. The van der Waals surface area contributed by atoms with Crippen molar-refractivity contribution in [1.82, 2.24) is 9.97 Å². The van der Waals surface area contributed by atoms with Crippen LogP contribution in [-0.2, 0) is 16.1 Å². The smallest absolute Gasteiger partial charge is 0.229 e. The van der Waals surface area contributed by atoms with Crippen LogP contribution in [0.15, 0.2) is 53.6 Å². The molecule has 10 nitrogen and oxygen atoms in total. The van der Waals surface area contributed by atoms with E-state index >= 15 is 0 Å². The van der Waals surface area contributed by atoms with Crippen molar-refractivity contribution in [3.63, 3.8) is 0 Å². The van der Waals surface area contributed by atoms with E-state index < -0.39 is 0 Å². The van der Waals surface area contributed by atoms with Crippen molar-refractivity contribution in [1.29, 1.82) is 0 Å². The normalized spacial score (nSPS) is 15.9. The first-order valence-corrected chi connectivity index (χ1v) is 13.2. The number of anilines is 3. The molecule has 0 spiro atoms. The zero-order chi connectivity index (χ0) is 26.9. The highest BCUT2D eigenvalue weighted by Crippen LogP contribution is 2.29. The Bertz CT molecular complexity index is 1210. The molecule has 39 heavy (non-hydrogen) atoms. The average molecular weight is 537 g/mol. The van der Waals surface area contributed by atoms with Gasteiger partial charge in [-0.25, -0.2) is 4.39 Å². The molecule has 2 aromatic carbocycles. The first kappa shape index (κ1) is 26.6. The Hall–Kier alpha value is -3.96. The summed E-state index contributed by atoms with van der Waals surface area (Å²) in [7, 11) is 0. The highest BCUT2D eigenvalue weighted by molar-refractivity contribution is 5.81. The van der Waals surface area contributed by atoms with Crippen LogP contribution in [0.2, 0.25) is 0 Å². The Kier molecular flexibility index (Phi) is 9.02. The van der Waals surface area contributed by atoms with Gasteiger partial charge in [0.25, 0.3) is 0 Å². The summed E-state index contributed by atoms with van der Waals surface area (Å²) in [4.78, 5) is 13.9. The van der Waals surface area contributed by atoms with Crippen LogP contribution in [0.1, 0.15) is 18.1 Å². The Morgan fingerprint density at radius 1 is 0.897 bits per heavy atom. The third-order valence-corrected chi connectivity index (χ3v) is 6.30. The molecule has 1 N–H and O–H groups in total. The molecule has 0 saturated carbocycles. The number of nitrogens with one attached hydrogen (secondary N) is 1. The molecule has 11 heteroatoms. The fourth-order valence-electron chi connectivity index (χ4n) is 4.25. The minimum atomic E-state index is -0.275. The van der Waals surface area contributed by atoms with Gasteiger partial charge in [0.05, 0.1) is 39.2 Å². The fraction of sp³-hybridized carbons (Fsp3) is 0.393. The number of hydrazone groups is 1. The molecule has 2 fully saturated rings. The maximum atomic E-state index is 13.2. The van der Waals surface area contributed by atoms with Crippen LogP contribution in [-0.4, -0.2) is 75.4 Å². The second-order valence-electron chi connectivity index (χ2n) is 9.03. The lowest BCUT2D eigenvalue weighted by atomic mass is 10.2. The highest BCUT2D eigenvalue weighted by Gasteiger charge is 2.19. The predicted octanol–water partition coefficient (Wildman–Crippen LogP) is 3.71. The van der Waals surface area contributed by atoms with Gasteiger partial charge in [0.2, 0.25) is 5.95 Å². The molecular weight excluding hydrogens is 503 g/mol. The molecule has 3 aromatic rings. The Labute approximate surface area is 227 Å². The predicted molar refractivity (Wildman–Crippen MR) is 148 cm³/mol. The van der Waals surface area contributed by atoms with Crippen LogP contribution in [0, 0.1) is 5.82 Å². The maximum Gasteiger partial charge on any atom is 0.229 e. The van der Waals surface area contributed by atoms with E-state index in [2.05, 4.69) is 20.3 Å². The van der Waals surface area contributed by atoms with Crippen LogP contribution < -0.4 is 24.7 Å². The number of halogens is 1. The molecule has 2 saturated heterocycles. The van der Waals surface area contributed by atoms with Crippen LogP contribution in [0.5, 0.6) is 11.5 Å². The molecule has 0 aliphatic carbocycles. The van der Waals surface area contributed by atoms with Gasteiger partial charge in [0.1, 0.15) is 18.2 Å². The molecule has 1 aromatic heterocycles. The van der Waals surface area contributed by atoms with Gasteiger partial charge in [0.15, 0.2) is 17.3 Å². The van der Waals surface area contributed by atoms with Crippen molar-refractivity contribution in [2.45, 2.75) is 13.5 Å². The van der Waals surface area contributed by atoms with E-state index in [-0.39, 0.29) is 5.82 Å². The number of rotatable bonds is 10. The first-order chi connectivity index (χ1) is 19.2. The van der Waals surface area contributed by atoms with Crippen molar-refractivity contribution in [2.75, 3.05) is 74.4 Å². The van der Waals surface area contributed by atoms with Crippen molar-refractivity contribution in [2.24, 2.45) is 5.10 Å². The second kappa shape index (κ2) is 13.2. The van der Waals surface area contributed by atoms with E-state index in [9.17, 15) is 4.39 Å². The fourth-order valence-corrected chi connectivity index (χ4v) is 4.25. The van der Waals surface area contributed by atoms with Gasteiger partial charge >= 0.3 is 0 Å². The lowest BCUT2D eigenvalue weighted by molar-refractivity contribution is 0.121. The third-order valence-electron chi connectivity index (χ3n) is 6.30. The van der Waals surface area contributed by atoms with E-state index in [4.69, 9.17) is 28.9 Å². The maximum absolute atomic E-state index is 13.2. The van der Waals surface area contributed by atoms with Gasteiger partial charge in [-0.2, -0.15) is 15.1 Å². The second-order valence-corrected chi connectivity index (χ2v) is 9.03. The Balaban J connectivity index is 1.29. The van der Waals surface area contributed by atoms with Gasteiger partial charge in [-0.3, -0.25) is 5.43 Å². The lowest BCUT2D eigenvalue weighted by Gasteiger charge is -2.31. The summed E-state index contributed by atoms with van der Waals surface area (Å²) in [5.41, 5.74) is 4.77. The molecule has 3 heterocycles. The summed E-state index contributed by atoms with van der Waals surface area (Å²) in [6.07, 6.45) is 1.71. The number of aromatic nitrogens is 2. The average Bonchev–Trinajstić information content (AvgIpc) is 2.98. The number of benzene rings is 2. The Morgan fingerprint density at radius 2 is 1.62 bits per heavy atom. The van der Waals surface area contributed by atoms with Crippen molar-refractivity contribution < 1.29 is 23.3 Å². The minimum Gasteiger partial charge on any atom is -0.490 e. The standard InChI is InChI=1S/C28H33FN6O4/c1-2-38-25-17-22(5-8-24(25)39-20-21-3-6-23(29)7-4-21)19-30-33-26-18-27(34-9-13-36-14-10-34)32-28(31-26)35-11-15-37-16-12-35/h3-8,17-19H,2,9-16,20H2,1H3,(H,31,32,33)/b30-19-. The number of morpholine rings is 2. The SMILES string of the molecule is CCOc1cc(/C=N\Nc2cc(N3CCOCC3)nc(N3CCOCC3)n2)ccc1OCc1ccc(F)cc1. The molecule has 5 rings (SSSR count). The topological polar surface area (TPSA) is 93.6 Å². The molecule has 0 bridgehead atoms. The summed E-state index contributed by atoms with van der Waals surface area (Å²) >= 11 is 0. The van der Waals surface area contributed by atoms with Crippen LogP contribution >= 0.6 is 0 Å². The molecule has 0 radical (unpaired) electrons. The third kappa shape index (κ3) is 7.33. The Morgan fingerprint density at radius 3 is 2.33 bits per heavy atom. The number of ether oxygens (including phenoxy) is 4. The van der Waals surface area contributed by atoms with E-state index in [1.165, 1.54) is 12.1 Å². The summed E-state index contributed by atoms with van der Waals surface area (Å²) in [6.45, 7) is 8.38. The molecule has 2 aliphatic rings. The molecule has 206 valence electrons. The number of hydrogen-bond donors (Lipinski definition) is 1. The zero-order valence-corrected chi connectivity index (χ0v) is 22.0. The van der Waals surface area contributed by atoms with Gasteiger partial charge < -0.3 is 28.7 Å². The molecule has 0 unspecified atom stereocenters. The van der Waals surface area contributed by atoms with E-state index in [0.717, 1.165) is 43.1 Å². The van der Waals surface area contributed by atoms with Crippen LogP contribution in [0.25, 0.3) is 0 Å². The van der Waals surface area contributed by atoms with Crippen molar-refractivity contribution in [3.8, 4) is 11.5 Å². The van der Waals surface area contributed by atoms with Crippen LogP contribution in [0.3, 0.4) is 0 Å². The molecular formula is C28H33FN6O4. The van der Waals surface area contributed by atoms with Crippen molar-refractivity contribution in [3.05, 3.63) is 65.5 Å². The summed E-state index contributed by atoms with van der Waals surface area (Å²) < 4.78 is 35.9. The monoisotopic (exact) mass is 536 g/mol. The van der Waals surface area contributed by atoms with Gasteiger partial charge in [0, 0.05) is 32.2 Å². The molecule has 2 aliphatic heterocycles. The van der Waals surface area contributed by atoms with Gasteiger partial charge in [-0.1, -0.05) is 12.1 Å². The minimum absolute atomic E-state index is 0.275. The lowest BCUT2D eigenvalue weighted by Crippen LogP contribution is -2.39. The number of nitrogens with zero attached hydrogens (tertiary/aromatic N) is 5. The van der Waals surface area contributed by atoms with E-state index in [1.807, 2.05) is 31.2 Å². The molecule has 0 atom stereocenters. The number of hydrogen-bond acceptors (Lipinski definition) is 10. The van der Waals surface area contributed by atoms with Crippen LogP contribution in [0.4, 0.5) is 22.0 Å². The highest BCUT2D eigenvalue weighted by atomic mass is 19.1. The first-order valence-electron chi connectivity index (χ1n) is 13.2. The van der Waals surface area contributed by atoms with Gasteiger partial charge in [-0.05, 0) is 48.4 Å². The largest absolute Gasteiger partial charge is 0.490 e. The van der Waals surface area contributed by atoms with Crippen molar-refractivity contribution >= 4 is 23.8 Å².